The molecule has 0 saturated carbocycles. The van der Waals surface area contributed by atoms with Crippen molar-refractivity contribution in [2.45, 2.75) is 19.1 Å². The van der Waals surface area contributed by atoms with Gasteiger partial charge in [0.15, 0.2) is 13.2 Å². The van der Waals surface area contributed by atoms with E-state index in [4.69, 9.17) is 16.3 Å². The second-order valence-electron chi connectivity index (χ2n) is 5.22. The van der Waals surface area contributed by atoms with Crippen molar-refractivity contribution >= 4 is 17.5 Å². The molecule has 0 aliphatic carbocycles. The Balaban J connectivity index is 1.81. The average Bonchev–Trinajstić information content (AvgIpc) is 2.59. The summed E-state index contributed by atoms with van der Waals surface area (Å²) in [6.45, 7) is -0.0119. The van der Waals surface area contributed by atoms with Crippen LogP contribution in [0.15, 0.2) is 36.7 Å². The minimum atomic E-state index is -4.45. The highest BCUT2D eigenvalue weighted by Gasteiger charge is 2.28. The summed E-state index contributed by atoms with van der Waals surface area (Å²) in [5.74, 6) is -0.162. The SMILES string of the molecule is C[C@@H](NC(=O)COc1ccc(Cl)cc1)c1cnc(OCC(F)(F)F)cn1. The quantitative estimate of drug-likeness (QED) is 0.786. The highest BCUT2D eigenvalue weighted by atomic mass is 35.5. The average molecular weight is 390 g/mol. The van der Waals surface area contributed by atoms with E-state index < -0.39 is 24.7 Å². The van der Waals surface area contributed by atoms with Crippen LogP contribution < -0.4 is 14.8 Å². The number of nitrogens with zero attached hydrogens (tertiary/aromatic N) is 2. The molecule has 0 unspecified atom stereocenters. The Hall–Kier alpha value is -2.55. The third-order valence-corrected chi connectivity index (χ3v) is 3.29. The van der Waals surface area contributed by atoms with E-state index in [9.17, 15) is 18.0 Å². The number of rotatable bonds is 7. The van der Waals surface area contributed by atoms with Gasteiger partial charge in [-0.05, 0) is 31.2 Å². The molecule has 1 heterocycles. The number of aromatic nitrogens is 2. The van der Waals surface area contributed by atoms with Gasteiger partial charge in [-0.2, -0.15) is 13.2 Å². The second-order valence-corrected chi connectivity index (χ2v) is 5.65. The van der Waals surface area contributed by atoms with Gasteiger partial charge in [0, 0.05) is 5.02 Å². The lowest BCUT2D eigenvalue weighted by Crippen LogP contribution is -2.31. The molecule has 0 aliphatic rings. The summed E-state index contributed by atoms with van der Waals surface area (Å²) < 4.78 is 46.0. The Kier molecular flexibility index (Phi) is 6.62. The molecule has 0 bridgehead atoms. The maximum atomic E-state index is 12.1. The number of alkyl halides is 3. The molecule has 26 heavy (non-hydrogen) atoms. The summed E-state index contributed by atoms with van der Waals surface area (Å²) in [7, 11) is 0. The number of halogens is 4. The van der Waals surface area contributed by atoms with E-state index in [1.165, 1.54) is 6.20 Å². The summed E-state index contributed by atoms with van der Waals surface area (Å²) in [6, 6.07) is 6.01. The first-order valence-electron chi connectivity index (χ1n) is 7.42. The van der Waals surface area contributed by atoms with Crippen LogP contribution in [-0.2, 0) is 4.79 Å². The van der Waals surface area contributed by atoms with Crippen LogP contribution in [0.5, 0.6) is 11.6 Å². The molecular formula is C16H15ClF3N3O3. The van der Waals surface area contributed by atoms with Crippen LogP contribution in [0.4, 0.5) is 13.2 Å². The summed E-state index contributed by atoms with van der Waals surface area (Å²) in [4.78, 5) is 19.6. The van der Waals surface area contributed by atoms with E-state index in [0.717, 1.165) is 6.20 Å². The third-order valence-electron chi connectivity index (χ3n) is 3.04. The second kappa shape index (κ2) is 8.70. The van der Waals surface area contributed by atoms with Crippen LogP contribution >= 0.6 is 11.6 Å². The first-order valence-corrected chi connectivity index (χ1v) is 7.80. The molecule has 1 N–H and O–H groups in total. The van der Waals surface area contributed by atoms with Crippen LogP contribution in [0.25, 0.3) is 0 Å². The molecule has 0 saturated heterocycles. The van der Waals surface area contributed by atoms with Crippen LogP contribution in [0.1, 0.15) is 18.7 Å². The van der Waals surface area contributed by atoms with Crippen molar-refractivity contribution in [1.29, 1.82) is 0 Å². The molecule has 0 spiro atoms. The third kappa shape index (κ3) is 6.75. The van der Waals surface area contributed by atoms with Gasteiger partial charge < -0.3 is 14.8 Å². The van der Waals surface area contributed by atoms with Crippen LogP contribution in [-0.4, -0.2) is 35.3 Å². The fourth-order valence-electron chi connectivity index (χ4n) is 1.82. The van der Waals surface area contributed by atoms with E-state index >= 15 is 0 Å². The van der Waals surface area contributed by atoms with E-state index in [2.05, 4.69) is 20.0 Å². The van der Waals surface area contributed by atoms with Gasteiger partial charge in [-0.1, -0.05) is 11.6 Å². The van der Waals surface area contributed by atoms with Gasteiger partial charge in [-0.3, -0.25) is 9.78 Å². The predicted molar refractivity (Wildman–Crippen MR) is 87.1 cm³/mol. The number of hydrogen-bond donors (Lipinski definition) is 1. The number of nitrogens with one attached hydrogen (secondary N) is 1. The fraction of sp³-hybridized carbons (Fsp3) is 0.312. The van der Waals surface area contributed by atoms with E-state index in [1.807, 2.05) is 0 Å². The van der Waals surface area contributed by atoms with Crippen LogP contribution in [0.3, 0.4) is 0 Å². The minimum Gasteiger partial charge on any atom is -0.484 e. The molecule has 0 radical (unpaired) electrons. The molecule has 1 atom stereocenters. The van der Waals surface area contributed by atoms with Gasteiger partial charge in [-0.25, -0.2) is 4.98 Å². The Morgan fingerprint density at radius 3 is 2.46 bits per heavy atom. The first-order chi connectivity index (χ1) is 12.2. The van der Waals surface area contributed by atoms with Crippen LogP contribution in [0, 0.1) is 0 Å². The number of ether oxygens (including phenoxy) is 2. The van der Waals surface area contributed by atoms with Gasteiger partial charge >= 0.3 is 6.18 Å². The largest absolute Gasteiger partial charge is 0.484 e. The highest BCUT2D eigenvalue weighted by molar-refractivity contribution is 6.30. The molecule has 140 valence electrons. The van der Waals surface area contributed by atoms with Crippen molar-refractivity contribution in [3.8, 4) is 11.6 Å². The topological polar surface area (TPSA) is 73.3 Å². The monoisotopic (exact) mass is 389 g/mol. The normalized spacial score (nSPS) is 12.3. The van der Waals surface area contributed by atoms with Gasteiger partial charge in [0.2, 0.25) is 5.88 Å². The molecule has 10 heteroatoms. The number of carbonyl (C=O) groups excluding carboxylic acids is 1. The predicted octanol–water partition coefficient (Wildman–Crippen LogP) is 3.33. The van der Waals surface area contributed by atoms with Crippen molar-refractivity contribution in [3.05, 3.63) is 47.4 Å². The number of benzene rings is 1. The lowest BCUT2D eigenvalue weighted by Gasteiger charge is -2.14. The maximum Gasteiger partial charge on any atom is 0.422 e. The van der Waals surface area contributed by atoms with Gasteiger partial charge in [0.1, 0.15) is 5.75 Å². The summed E-state index contributed by atoms with van der Waals surface area (Å²) in [5, 5.41) is 3.19. The zero-order chi connectivity index (χ0) is 19.2. The lowest BCUT2D eigenvalue weighted by atomic mass is 10.2. The molecule has 1 amide bonds. The van der Waals surface area contributed by atoms with E-state index in [-0.39, 0.29) is 12.5 Å². The lowest BCUT2D eigenvalue weighted by molar-refractivity contribution is -0.154. The number of carbonyl (C=O) groups is 1. The Morgan fingerprint density at radius 1 is 1.19 bits per heavy atom. The number of hydrogen-bond acceptors (Lipinski definition) is 5. The molecule has 0 aliphatic heterocycles. The molecule has 2 rings (SSSR count). The van der Waals surface area contributed by atoms with Gasteiger partial charge in [0.25, 0.3) is 5.91 Å². The standard InChI is InChI=1S/C16H15ClF3N3O3/c1-10(13-6-22-15(7-21-13)26-9-16(18,19)20)23-14(24)8-25-12-4-2-11(17)3-5-12/h2-7,10H,8-9H2,1H3,(H,23,24)/t10-/m1/s1. The summed E-state index contributed by atoms with van der Waals surface area (Å²) in [5.41, 5.74) is 0.365. The molecule has 1 aromatic heterocycles. The Bertz CT molecular complexity index is 724. The summed E-state index contributed by atoms with van der Waals surface area (Å²) >= 11 is 5.75. The maximum absolute atomic E-state index is 12.1. The Morgan fingerprint density at radius 2 is 1.88 bits per heavy atom. The van der Waals surface area contributed by atoms with Crippen LogP contribution in [0.2, 0.25) is 5.02 Å². The van der Waals surface area contributed by atoms with E-state index in [0.29, 0.717) is 16.5 Å². The molecule has 1 aromatic carbocycles. The first kappa shape index (κ1) is 19.8. The minimum absolute atomic E-state index is 0.216. The fourth-order valence-corrected chi connectivity index (χ4v) is 1.94. The molecule has 6 nitrogen and oxygen atoms in total. The van der Waals surface area contributed by atoms with Gasteiger partial charge in [-0.15, -0.1) is 0 Å². The van der Waals surface area contributed by atoms with Gasteiger partial charge in [0.05, 0.1) is 24.1 Å². The Labute approximate surface area is 152 Å². The smallest absolute Gasteiger partial charge is 0.422 e. The number of amides is 1. The summed E-state index contributed by atoms with van der Waals surface area (Å²) in [6.07, 6.45) is -2.16. The molecular weight excluding hydrogens is 375 g/mol. The molecule has 2 aromatic rings. The van der Waals surface area contributed by atoms with Crippen molar-refractivity contribution in [2.75, 3.05) is 13.2 Å². The zero-order valence-corrected chi connectivity index (χ0v) is 14.3. The molecule has 0 fully saturated rings. The van der Waals surface area contributed by atoms with Crippen molar-refractivity contribution < 1.29 is 27.4 Å². The van der Waals surface area contributed by atoms with Crippen molar-refractivity contribution in [2.24, 2.45) is 0 Å². The van der Waals surface area contributed by atoms with Crippen molar-refractivity contribution in [1.82, 2.24) is 15.3 Å². The highest BCUT2D eigenvalue weighted by Crippen LogP contribution is 2.18. The van der Waals surface area contributed by atoms with Crippen molar-refractivity contribution in [3.63, 3.8) is 0 Å². The van der Waals surface area contributed by atoms with E-state index in [1.54, 1.807) is 31.2 Å². The zero-order valence-electron chi connectivity index (χ0n) is 13.6.